The van der Waals surface area contributed by atoms with Gasteiger partial charge in [0.2, 0.25) is 0 Å². The standard InChI is InChI=1S/C10H17N3/c1-7-4-5-8(2)9(6-7)10(12-3)13-11/h4-6,10,12-13H,11H2,1-3H3. The molecule has 1 rings (SSSR count). The Bertz CT molecular complexity index is 279. The highest BCUT2D eigenvalue weighted by atomic mass is 15.3. The van der Waals surface area contributed by atoms with Crippen LogP contribution in [-0.4, -0.2) is 7.05 Å². The first-order valence-corrected chi connectivity index (χ1v) is 4.39. The normalized spacial score (nSPS) is 12.9. The van der Waals surface area contributed by atoms with E-state index >= 15 is 0 Å². The molecule has 1 aromatic carbocycles. The number of hydrogen-bond acceptors (Lipinski definition) is 3. The second-order valence-electron chi connectivity index (χ2n) is 3.25. The summed E-state index contributed by atoms with van der Waals surface area (Å²) in [4.78, 5) is 0. The number of aryl methyl sites for hydroxylation is 2. The van der Waals surface area contributed by atoms with Gasteiger partial charge in [-0.2, -0.15) is 0 Å². The molecule has 4 N–H and O–H groups in total. The fourth-order valence-electron chi connectivity index (χ4n) is 1.40. The van der Waals surface area contributed by atoms with Gasteiger partial charge in [0, 0.05) is 0 Å². The Morgan fingerprint density at radius 2 is 2.00 bits per heavy atom. The zero-order valence-electron chi connectivity index (χ0n) is 8.39. The Hall–Kier alpha value is -0.900. The van der Waals surface area contributed by atoms with Crippen LogP contribution in [0.3, 0.4) is 0 Å². The molecule has 0 heterocycles. The summed E-state index contributed by atoms with van der Waals surface area (Å²) in [5.41, 5.74) is 6.41. The van der Waals surface area contributed by atoms with Gasteiger partial charge in [-0.25, -0.2) is 5.43 Å². The molecule has 0 aliphatic rings. The minimum atomic E-state index is 0.0277. The average molecular weight is 179 g/mol. The molecule has 0 saturated carbocycles. The molecule has 0 aliphatic heterocycles. The van der Waals surface area contributed by atoms with Gasteiger partial charge in [0.1, 0.15) is 0 Å². The maximum Gasteiger partial charge on any atom is 0.0961 e. The largest absolute Gasteiger partial charge is 0.300 e. The lowest BCUT2D eigenvalue weighted by molar-refractivity contribution is 0.486. The summed E-state index contributed by atoms with van der Waals surface area (Å²) in [7, 11) is 1.88. The summed E-state index contributed by atoms with van der Waals surface area (Å²) in [6.45, 7) is 4.16. The van der Waals surface area contributed by atoms with Gasteiger partial charge in [-0.15, -0.1) is 0 Å². The van der Waals surface area contributed by atoms with Gasteiger partial charge < -0.3 is 5.32 Å². The minimum absolute atomic E-state index is 0.0277. The van der Waals surface area contributed by atoms with Crippen molar-refractivity contribution < 1.29 is 0 Å². The topological polar surface area (TPSA) is 50.1 Å². The van der Waals surface area contributed by atoms with E-state index in [9.17, 15) is 0 Å². The zero-order chi connectivity index (χ0) is 9.84. The first-order chi connectivity index (χ1) is 6.19. The Kier molecular flexibility index (Phi) is 3.42. The van der Waals surface area contributed by atoms with Crippen molar-refractivity contribution in [2.75, 3.05) is 7.05 Å². The van der Waals surface area contributed by atoms with Gasteiger partial charge in [-0.1, -0.05) is 23.8 Å². The van der Waals surface area contributed by atoms with Crippen LogP contribution in [0.4, 0.5) is 0 Å². The molecule has 0 fully saturated rings. The first-order valence-electron chi connectivity index (χ1n) is 4.39. The maximum absolute atomic E-state index is 5.42. The molecular formula is C10H17N3. The van der Waals surface area contributed by atoms with Crippen LogP contribution >= 0.6 is 0 Å². The van der Waals surface area contributed by atoms with Crippen molar-refractivity contribution in [2.24, 2.45) is 5.84 Å². The monoisotopic (exact) mass is 179 g/mol. The van der Waals surface area contributed by atoms with Crippen LogP contribution in [0.15, 0.2) is 18.2 Å². The summed E-state index contributed by atoms with van der Waals surface area (Å²) < 4.78 is 0. The maximum atomic E-state index is 5.42. The highest BCUT2D eigenvalue weighted by molar-refractivity contribution is 5.32. The van der Waals surface area contributed by atoms with Crippen molar-refractivity contribution in [1.82, 2.24) is 10.7 Å². The fraction of sp³-hybridized carbons (Fsp3) is 0.400. The third kappa shape index (κ3) is 2.28. The van der Waals surface area contributed by atoms with E-state index in [0.717, 1.165) is 0 Å². The number of hydrogen-bond donors (Lipinski definition) is 3. The van der Waals surface area contributed by atoms with Crippen LogP contribution in [0.25, 0.3) is 0 Å². The van der Waals surface area contributed by atoms with Gasteiger partial charge >= 0.3 is 0 Å². The van der Waals surface area contributed by atoms with Crippen LogP contribution in [0, 0.1) is 13.8 Å². The molecule has 1 aromatic rings. The lowest BCUT2D eigenvalue weighted by Crippen LogP contribution is -2.37. The minimum Gasteiger partial charge on any atom is -0.300 e. The fourth-order valence-corrected chi connectivity index (χ4v) is 1.40. The van der Waals surface area contributed by atoms with Crippen LogP contribution in [0.1, 0.15) is 22.9 Å². The molecular weight excluding hydrogens is 162 g/mol. The molecule has 0 radical (unpaired) electrons. The van der Waals surface area contributed by atoms with E-state index in [1.54, 1.807) is 0 Å². The molecule has 0 aliphatic carbocycles. The molecule has 0 bridgehead atoms. The van der Waals surface area contributed by atoms with Crippen molar-refractivity contribution >= 4 is 0 Å². The van der Waals surface area contributed by atoms with Crippen molar-refractivity contribution in [3.63, 3.8) is 0 Å². The molecule has 0 aromatic heterocycles. The van der Waals surface area contributed by atoms with E-state index in [2.05, 4.69) is 42.8 Å². The van der Waals surface area contributed by atoms with E-state index in [1.165, 1.54) is 16.7 Å². The Labute approximate surface area is 79.3 Å². The zero-order valence-corrected chi connectivity index (χ0v) is 8.39. The van der Waals surface area contributed by atoms with Gasteiger partial charge in [0.15, 0.2) is 0 Å². The Morgan fingerprint density at radius 1 is 1.31 bits per heavy atom. The highest BCUT2D eigenvalue weighted by Crippen LogP contribution is 2.16. The summed E-state index contributed by atoms with van der Waals surface area (Å²) in [6, 6.07) is 6.34. The first kappa shape index (κ1) is 10.2. The highest BCUT2D eigenvalue weighted by Gasteiger charge is 2.08. The summed E-state index contributed by atoms with van der Waals surface area (Å²) >= 11 is 0. The molecule has 72 valence electrons. The molecule has 0 saturated heterocycles. The van der Waals surface area contributed by atoms with E-state index in [4.69, 9.17) is 5.84 Å². The van der Waals surface area contributed by atoms with E-state index in [1.807, 2.05) is 7.05 Å². The molecule has 0 amide bonds. The number of benzene rings is 1. The van der Waals surface area contributed by atoms with E-state index in [0.29, 0.717) is 0 Å². The van der Waals surface area contributed by atoms with Crippen LogP contribution in [-0.2, 0) is 0 Å². The van der Waals surface area contributed by atoms with Crippen LogP contribution < -0.4 is 16.6 Å². The molecule has 13 heavy (non-hydrogen) atoms. The third-order valence-electron chi connectivity index (χ3n) is 2.20. The average Bonchev–Trinajstić information content (AvgIpc) is 2.13. The van der Waals surface area contributed by atoms with E-state index in [-0.39, 0.29) is 6.17 Å². The summed E-state index contributed by atoms with van der Waals surface area (Å²) in [6.07, 6.45) is 0.0277. The van der Waals surface area contributed by atoms with Gasteiger partial charge in [0.05, 0.1) is 6.17 Å². The molecule has 1 atom stereocenters. The molecule has 0 spiro atoms. The van der Waals surface area contributed by atoms with Gasteiger partial charge in [0.25, 0.3) is 0 Å². The second kappa shape index (κ2) is 4.37. The smallest absolute Gasteiger partial charge is 0.0961 e. The number of nitrogens with two attached hydrogens (primary N) is 1. The lowest BCUT2D eigenvalue weighted by atomic mass is 10.0. The van der Waals surface area contributed by atoms with Gasteiger partial charge in [-0.05, 0) is 32.0 Å². The quantitative estimate of drug-likeness (QED) is 0.368. The van der Waals surface area contributed by atoms with Gasteiger partial charge in [-0.3, -0.25) is 5.84 Å². The SMILES string of the molecule is CNC(NN)c1cc(C)ccc1C. The Balaban J connectivity index is 3.03. The molecule has 3 heteroatoms. The second-order valence-corrected chi connectivity index (χ2v) is 3.25. The molecule has 1 unspecified atom stereocenters. The van der Waals surface area contributed by atoms with Crippen molar-refractivity contribution in [1.29, 1.82) is 0 Å². The third-order valence-corrected chi connectivity index (χ3v) is 2.20. The van der Waals surface area contributed by atoms with Crippen molar-refractivity contribution in [2.45, 2.75) is 20.0 Å². The number of rotatable bonds is 3. The van der Waals surface area contributed by atoms with Crippen molar-refractivity contribution in [3.05, 3.63) is 34.9 Å². The van der Waals surface area contributed by atoms with Crippen molar-refractivity contribution in [3.8, 4) is 0 Å². The predicted molar refractivity (Wildman–Crippen MR) is 55.0 cm³/mol. The van der Waals surface area contributed by atoms with E-state index < -0.39 is 0 Å². The van der Waals surface area contributed by atoms with Crippen LogP contribution in [0.5, 0.6) is 0 Å². The van der Waals surface area contributed by atoms with Crippen LogP contribution in [0.2, 0.25) is 0 Å². The Morgan fingerprint density at radius 3 is 2.54 bits per heavy atom. The number of nitrogens with one attached hydrogen (secondary N) is 2. The summed E-state index contributed by atoms with van der Waals surface area (Å²) in [5, 5.41) is 3.10. The predicted octanol–water partition coefficient (Wildman–Crippen LogP) is 0.985. The lowest BCUT2D eigenvalue weighted by Gasteiger charge is -2.18. The number of hydrazine groups is 1. The molecule has 3 nitrogen and oxygen atoms in total. The summed E-state index contributed by atoms with van der Waals surface area (Å²) in [5.74, 6) is 5.42.